The van der Waals surface area contributed by atoms with E-state index in [1.807, 2.05) is 32.0 Å². The van der Waals surface area contributed by atoms with Crippen LogP contribution in [0.2, 0.25) is 0 Å². The monoisotopic (exact) mass is 438 g/mol. The molecule has 1 aliphatic carbocycles. The minimum absolute atomic E-state index is 0.0663. The van der Waals surface area contributed by atoms with E-state index < -0.39 is 11.5 Å². The predicted molar refractivity (Wildman–Crippen MR) is 120 cm³/mol. The molecule has 8 nitrogen and oxygen atoms in total. The first-order valence-electron chi connectivity index (χ1n) is 11.2. The van der Waals surface area contributed by atoms with E-state index in [-0.39, 0.29) is 42.4 Å². The Morgan fingerprint density at radius 2 is 1.97 bits per heavy atom. The Hall–Kier alpha value is -3.16. The first kappa shape index (κ1) is 22.0. The summed E-state index contributed by atoms with van der Waals surface area (Å²) in [6.07, 6.45) is 4.07. The summed E-state index contributed by atoms with van der Waals surface area (Å²) in [7, 11) is 0. The Morgan fingerprint density at radius 3 is 2.66 bits per heavy atom. The molecule has 32 heavy (non-hydrogen) atoms. The van der Waals surface area contributed by atoms with E-state index in [0.29, 0.717) is 5.69 Å². The lowest BCUT2D eigenvalue weighted by Crippen LogP contribution is -2.65. The smallest absolute Gasteiger partial charge is 0.358 e. The van der Waals surface area contributed by atoms with Crippen molar-refractivity contribution in [2.24, 2.45) is 0 Å². The minimum Gasteiger partial charge on any atom is -0.461 e. The van der Waals surface area contributed by atoms with Crippen LogP contribution in [-0.2, 0) is 16.1 Å². The molecule has 8 heteroatoms. The number of anilines is 1. The summed E-state index contributed by atoms with van der Waals surface area (Å²) in [5.74, 6) is -1.16. The lowest BCUT2D eigenvalue weighted by molar-refractivity contribution is -0.127. The molecule has 1 aliphatic heterocycles. The predicted octanol–water partition coefficient (Wildman–Crippen LogP) is 3.15. The topological polar surface area (TPSA) is 93.5 Å². The first-order valence-corrected chi connectivity index (χ1v) is 11.2. The van der Waals surface area contributed by atoms with E-state index >= 15 is 0 Å². The van der Waals surface area contributed by atoms with Crippen molar-refractivity contribution < 1.29 is 19.1 Å². The maximum atomic E-state index is 13.8. The molecule has 1 aromatic heterocycles. The molecule has 1 aromatic carbocycles. The maximum absolute atomic E-state index is 13.8. The molecular weight excluding hydrogens is 408 g/mol. The molecule has 0 unspecified atom stereocenters. The van der Waals surface area contributed by atoms with Crippen molar-refractivity contribution >= 4 is 23.5 Å². The number of nitrogens with one attached hydrogen (secondary N) is 1. The van der Waals surface area contributed by atoms with Crippen LogP contribution < -0.4 is 10.2 Å². The lowest BCUT2D eigenvalue weighted by atomic mass is 9.92. The van der Waals surface area contributed by atoms with E-state index in [4.69, 9.17) is 4.74 Å². The number of ether oxygens (including phenoxy) is 1. The van der Waals surface area contributed by atoms with Crippen LogP contribution in [0.15, 0.2) is 24.3 Å². The zero-order valence-corrected chi connectivity index (χ0v) is 19.1. The fourth-order valence-electron chi connectivity index (χ4n) is 4.65. The van der Waals surface area contributed by atoms with Gasteiger partial charge >= 0.3 is 5.97 Å². The van der Waals surface area contributed by atoms with Crippen molar-refractivity contribution in [3.05, 3.63) is 46.8 Å². The highest BCUT2D eigenvalue weighted by molar-refractivity contribution is 6.12. The number of rotatable bonds is 5. The standard InChI is InChI=1S/C24H30N4O4/c1-5-32-22(30)18-13-20-21(29)28(19-12-8-9-15(2)16(19)3)24(4,14-27(20)26-18)23(31)25-17-10-6-7-11-17/h8-9,12-13,17H,5-7,10-11,14H2,1-4H3,(H,25,31)/t24-/m0/s1. The zero-order chi connectivity index (χ0) is 23.0. The number of nitrogens with zero attached hydrogens (tertiary/aromatic N) is 3. The molecule has 1 atom stereocenters. The second-order valence-electron chi connectivity index (χ2n) is 8.88. The molecule has 1 fully saturated rings. The van der Waals surface area contributed by atoms with Crippen molar-refractivity contribution in [3.63, 3.8) is 0 Å². The molecular formula is C24H30N4O4. The number of amides is 2. The number of aryl methyl sites for hydroxylation is 1. The molecule has 0 saturated heterocycles. The molecule has 1 N–H and O–H groups in total. The third kappa shape index (κ3) is 3.67. The van der Waals surface area contributed by atoms with Crippen molar-refractivity contribution in [2.75, 3.05) is 11.5 Å². The summed E-state index contributed by atoms with van der Waals surface area (Å²) in [6.45, 7) is 7.76. The van der Waals surface area contributed by atoms with Gasteiger partial charge in [0.25, 0.3) is 5.91 Å². The van der Waals surface area contributed by atoms with Gasteiger partial charge in [-0.25, -0.2) is 4.79 Å². The van der Waals surface area contributed by atoms with Crippen molar-refractivity contribution in [1.82, 2.24) is 15.1 Å². The molecule has 2 heterocycles. The van der Waals surface area contributed by atoms with Crippen LogP contribution >= 0.6 is 0 Å². The molecule has 0 radical (unpaired) electrons. The van der Waals surface area contributed by atoms with Gasteiger partial charge in [0.1, 0.15) is 11.2 Å². The van der Waals surface area contributed by atoms with Gasteiger partial charge in [0, 0.05) is 17.8 Å². The van der Waals surface area contributed by atoms with Gasteiger partial charge in [0.2, 0.25) is 5.91 Å². The van der Waals surface area contributed by atoms with Crippen LogP contribution in [0.1, 0.15) is 71.6 Å². The normalized spacial score (nSPS) is 20.9. The second kappa shape index (κ2) is 8.41. The SMILES string of the molecule is CCOC(=O)c1cc2n(n1)C[C@@](C)(C(=O)NC1CCCC1)N(c1cccc(C)c1C)C2=O. The number of benzene rings is 1. The molecule has 2 amide bonds. The van der Waals surface area contributed by atoms with E-state index in [1.165, 1.54) is 10.7 Å². The van der Waals surface area contributed by atoms with E-state index in [2.05, 4.69) is 10.4 Å². The van der Waals surface area contributed by atoms with Crippen molar-refractivity contribution in [3.8, 4) is 0 Å². The highest BCUT2D eigenvalue weighted by Gasteiger charge is 2.50. The van der Waals surface area contributed by atoms with Gasteiger partial charge in [-0.3, -0.25) is 19.2 Å². The number of hydrogen-bond donors (Lipinski definition) is 1. The summed E-state index contributed by atoms with van der Waals surface area (Å²) in [5, 5.41) is 7.47. The van der Waals surface area contributed by atoms with Gasteiger partial charge in [-0.2, -0.15) is 5.10 Å². The van der Waals surface area contributed by atoms with Crippen LogP contribution in [0.25, 0.3) is 0 Å². The molecule has 0 bridgehead atoms. The highest BCUT2D eigenvalue weighted by Crippen LogP contribution is 2.36. The highest BCUT2D eigenvalue weighted by atomic mass is 16.5. The largest absolute Gasteiger partial charge is 0.461 e. The maximum Gasteiger partial charge on any atom is 0.358 e. The van der Waals surface area contributed by atoms with Crippen LogP contribution in [0.3, 0.4) is 0 Å². The number of aromatic nitrogens is 2. The minimum atomic E-state index is -1.21. The third-order valence-corrected chi connectivity index (χ3v) is 6.63. The van der Waals surface area contributed by atoms with Gasteiger partial charge in [-0.15, -0.1) is 0 Å². The summed E-state index contributed by atoms with van der Waals surface area (Å²) < 4.78 is 6.52. The summed E-state index contributed by atoms with van der Waals surface area (Å²) in [4.78, 5) is 41.2. The van der Waals surface area contributed by atoms with Crippen LogP contribution in [0, 0.1) is 13.8 Å². The van der Waals surface area contributed by atoms with E-state index in [1.54, 1.807) is 18.7 Å². The number of carbonyl (C=O) groups excluding carboxylic acids is 3. The Bertz CT molecular complexity index is 1070. The fraction of sp³-hybridized carbons (Fsp3) is 0.500. The molecule has 170 valence electrons. The Balaban J connectivity index is 1.80. The third-order valence-electron chi connectivity index (χ3n) is 6.63. The van der Waals surface area contributed by atoms with Gasteiger partial charge < -0.3 is 10.1 Å². The Labute approximate surface area is 187 Å². The number of fused-ring (bicyclic) bond motifs is 1. The summed E-state index contributed by atoms with van der Waals surface area (Å²) in [5.41, 5.74) is 1.77. The average Bonchev–Trinajstić information content (AvgIpc) is 3.41. The van der Waals surface area contributed by atoms with Gasteiger partial charge in [-0.1, -0.05) is 25.0 Å². The number of carbonyl (C=O) groups is 3. The van der Waals surface area contributed by atoms with Crippen molar-refractivity contribution in [1.29, 1.82) is 0 Å². The molecule has 1 saturated carbocycles. The molecule has 2 aromatic rings. The lowest BCUT2D eigenvalue weighted by Gasteiger charge is -2.44. The molecule has 2 aliphatic rings. The second-order valence-corrected chi connectivity index (χ2v) is 8.88. The summed E-state index contributed by atoms with van der Waals surface area (Å²) >= 11 is 0. The van der Waals surface area contributed by atoms with E-state index in [0.717, 1.165) is 36.8 Å². The van der Waals surface area contributed by atoms with Gasteiger partial charge in [0.15, 0.2) is 5.69 Å². The van der Waals surface area contributed by atoms with Gasteiger partial charge in [-0.05, 0) is 57.7 Å². The first-order chi connectivity index (χ1) is 15.3. The number of hydrogen-bond acceptors (Lipinski definition) is 5. The van der Waals surface area contributed by atoms with Crippen LogP contribution in [0.4, 0.5) is 5.69 Å². The number of esters is 1. The Kier molecular flexibility index (Phi) is 5.79. The molecule has 0 spiro atoms. The fourth-order valence-corrected chi connectivity index (χ4v) is 4.65. The molecule has 4 rings (SSSR count). The van der Waals surface area contributed by atoms with Crippen molar-refractivity contribution in [2.45, 2.75) is 71.5 Å². The summed E-state index contributed by atoms with van der Waals surface area (Å²) in [6, 6.07) is 7.29. The van der Waals surface area contributed by atoms with Crippen LogP contribution in [-0.4, -0.2) is 45.8 Å². The van der Waals surface area contributed by atoms with E-state index in [9.17, 15) is 14.4 Å². The van der Waals surface area contributed by atoms with Crippen LogP contribution in [0.5, 0.6) is 0 Å². The van der Waals surface area contributed by atoms with Gasteiger partial charge in [0.05, 0.1) is 13.2 Å². The average molecular weight is 439 g/mol. The Morgan fingerprint density at radius 1 is 1.25 bits per heavy atom. The quantitative estimate of drug-likeness (QED) is 0.724. The zero-order valence-electron chi connectivity index (χ0n) is 19.1.